The molecular formula is C12H12ClNO2S. The summed E-state index contributed by atoms with van der Waals surface area (Å²) in [4.78, 5) is 16.0. The fourth-order valence-electron chi connectivity index (χ4n) is 1.64. The first-order valence-corrected chi connectivity index (χ1v) is 6.98. The summed E-state index contributed by atoms with van der Waals surface area (Å²) in [7, 11) is 0. The summed E-state index contributed by atoms with van der Waals surface area (Å²) in [5.41, 5.74) is 1.22. The van der Waals surface area contributed by atoms with Crippen molar-refractivity contribution in [2.24, 2.45) is 4.99 Å². The van der Waals surface area contributed by atoms with Gasteiger partial charge < -0.3 is 4.74 Å². The average Bonchev–Trinajstić information content (AvgIpc) is 2.55. The van der Waals surface area contributed by atoms with E-state index in [4.69, 9.17) is 16.3 Å². The molecular weight excluding hydrogens is 258 g/mol. The highest BCUT2D eigenvalue weighted by Gasteiger charge is 2.28. The highest BCUT2D eigenvalue weighted by atomic mass is 35.5. The smallest absolute Gasteiger partial charge is 0.345 e. The summed E-state index contributed by atoms with van der Waals surface area (Å²) < 4.78 is 5.15. The number of halogens is 1. The van der Waals surface area contributed by atoms with E-state index in [-0.39, 0.29) is 12.0 Å². The van der Waals surface area contributed by atoms with E-state index in [1.54, 1.807) is 30.0 Å². The Hall–Kier alpha value is -1.00. The van der Waals surface area contributed by atoms with Crippen LogP contribution >= 0.6 is 23.4 Å². The zero-order chi connectivity index (χ0) is 12.4. The van der Waals surface area contributed by atoms with E-state index < -0.39 is 0 Å². The van der Waals surface area contributed by atoms with E-state index in [0.29, 0.717) is 22.0 Å². The van der Waals surface area contributed by atoms with E-state index in [0.717, 1.165) is 5.75 Å². The molecule has 0 spiro atoms. The van der Waals surface area contributed by atoms with E-state index in [9.17, 15) is 4.79 Å². The van der Waals surface area contributed by atoms with Gasteiger partial charge in [0.25, 0.3) is 0 Å². The number of hydrogen-bond acceptors (Lipinski definition) is 4. The number of benzene rings is 1. The van der Waals surface area contributed by atoms with Crippen LogP contribution in [0.3, 0.4) is 0 Å². The van der Waals surface area contributed by atoms with Crippen molar-refractivity contribution in [2.75, 3.05) is 12.0 Å². The second-order valence-electron chi connectivity index (χ2n) is 3.82. The molecule has 0 aliphatic carbocycles. The molecule has 0 aromatic heterocycles. The molecule has 1 aromatic carbocycles. The van der Waals surface area contributed by atoms with Gasteiger partial charge in [-0.1, -0.05) is 11.6 Å². The molecule has 90 valence electrons. The minimum Gasteiger partial charge on any atom is -0.404 e. The van der Waals surface area contributed by atoms with Crippen LogP contribution in [0.4, 0.5) is 0 Å². The predicted molar refractivity (Wildman–Crippen MR) is 71.2 cm³/mol. The number of carbonyl (C=O) groups excluding carboxylic acids is 1. The average molecular weight is 270 g/mol. The fraction of sp³-hybridized carbons (Fsp3) is 0.333. The Morgan fingerprint density at radius 3 is 2.94 bits per heavy atom. The van der Waals surface area contributed by atoms with Gasteiger partial charge in [-0.05, 0) is 31.4 Å². The number of fused-ring (bicyclic) bond motifs is 1. The van der Waals surface area contributed by atoms with Gasteiger partial charge in [0.1, 0.15) is 0 Å². The largest absolute Gasteiger partial charge is 0.404 e. The summed E-state index contributed by atoms with van der Waals surface area (Å²) >= 11 is 7.61. The summed E-state index contributed by atoms with van der Waals surface area (Å²) in [5, 5.41) is 0.576. The fourth-order valence-corrected chi connectivity index (χ4v) is 2.37. The van der Waals surface area contributed by atoms with E-state index in [1.165, 1.54) is 0 Å². The second kappa shape index (κ2) is 5.10. The van der Waals surface area contributed by atoms with Crippen LogP contribution in [0.2, 0.25) is 5.02 Å². The van der Waals surface area contributed by atoms with Crippen molar-refractivity contribution in [2.45, 2.75) is 13.0 Å². The zero-order valence-corrected chi connectivity index (χ0v) is 11.1. The van der Waals surface area contributed by atoms with Gasteiger partial charge in [0.05, 0.1) is 17.2 Å². The highest BCUT2D eigenvalue weighted by Crippen LogP contribution is 2.24. The Balaban J connectivity index is 2.35. The van der Waals surface area contributed by atoms with E-state index >= 15 is 0 Å². The van der Waals surface area contributed by atoms with Crippen LogP contribution in [-0.4, -0.2) is 29.9 Å². The molecule has 1 aliphatic rings. The summed E-state index contributed by atoms with van der Waals surface area (Å²) in [6.45, 7) is 1.99. The third kappa shape index (κ3) is 2.64. The van der Waals surface area contributed by atoms with Crippen molar-refractivity contribution in [3.8, 4) is 0 Å². The summed E-state index contributed by atoms with van der Waals surface area (Å²) in [6.07, 6.45) is 2.02. The standard InChI is InChI=1S/C12H12ClNO2S/c1-7(6-17-2)14-11-10-5-8(13)3-4-9(10)12(15)16-11/h3-5,7H,6H2,1-2H3/t7-/m0/s1. The monoisotopic (exact) mass is 269 g/mol. The summed E-state index contributed by atoms with van der Waals surface area (Å²) in [6, 6.07) is 5.17. The topological polar surface area (TPSA) is 38.7 Å². The molecule has 0 radical (unpaired) electrons. The molecule has 2 rings (SSSR count). The molecule has 17 heavy (non-hydrogen) atoms. The number of carbonyl (C=O) groups is 1. The molecule has 5 heteroatoms. The minimum absolute atomic E-state index is 0.109. The highest BCUT2D eigenvalue weighted by molar-refractivity contribution is 7.98. The van der Waals surface area contributed by atoms with Gasteiger partial charge in [0.2, 0.25) is 5.90 Å². The number of rotatable bonds is 3. The van der Waals surface area contributed by atoms with Gasteiger partial charge in [-0.15, -0.1) is 0 Å². The predicted octanol–water partition coefficient (Wildman–Crippen LogP) is 3.01. The van der Waals surface area contributed by atoms with Crippen LogP contribution in [0.25, 0.3) is 0 Å². The van der Waals surface area contributed by atoms with Gasteiger partial charge in [-0.3, -0.25) is 0 Å². The quantitative estimate of drug-likeness (QED) is 0.792. The van der Waals surface area contributed by atoms with Crippen molar-refractivity contribution < 1.29 is 9.53 Å². The number of esters is 1. The van der Waals surface area contributed by atoms with Crippen molar-refractivity contribution >= 4 is 35.2 Å². The zero-order valence-electron chi connectivity index (χ0n) is 9.57. The van der Waals surface area contributed by atoms with Crippen molar-refractivity contribution in [1.82, 2.24) is 0 Å². The first kappa shape index (κ1) is 12.5. The van der Waals surface area contributed by atoms with Crippen LogP contribution in [-0.2, 0) is 4.74 Å². The molecule has 1 aliphatic heterocycles. The van der Waals surface area contributed by atoms with Gasteiger partial charge in [0.15, 0.2) is 0 Å². The number of aliphatic imine (C=N–C) groups is 1. The Kier molecular flexibility index (Phi) is 3.74. The Morgan fingerprint density at radius 1 is 1.47 bits per heavy atom. The Morgan fingerprint density at radius 2 is 2.24 bits per heavy atom. The van der Waals surface area contributed by atoms with Gasteiger partial charge in [0, 0.05) is 10.8 Å². The van der Waals surface area contributed by atoms with Crippen molar-refractivity contribution in [1.29, 1.82) is 0 Å². The van der Waals surface area contributed by atoms with E-state index in [2.05, 4.69) is 4.99 Å². The van der Waals surface area contributed by atoms with Crippen LogP contribution in [0.5, 0.6) is 0 Å². The first-order valence-electron chi connectivity index (χ1n) is 5.20. The summed E-state index contributed by atoms with van der Waals surface area (Å²) in [5.74, 6) is 0.914. The van der Waals surface area contributed by atoms with Crippen LogP contribution < -0.4 is 0 Å². The molecule has 1 heterocycles. The molecule has 0 unspecified atom stereocenters. The van der Waals surface area contributed by atoms with Crippen molar-refractivity contribution in [3.63, 3.8) is 0 Å². The lowest BCUT2D eigenvalue weighted by atomic mass is 10.1. The first-order chi connectivity index (χ1) is 8.11. The molecule has 3 nitrogen and oxygen atoms in total. The van der Waals surface area contributed by atoms with Crippen molar-refractivity contribution in [3.05, 3.63) is 34.3 Å². The van der Waals surface area contributed by atoms with Gasteiger partial charge >= 0.3 is 5.97 Å². The van der Waals surface area contributed by atoms with E-state index in [1.807, 2.05) is 13.2 Å². The maximum absolute atomic E-state index is 11.6. The van der Waals surface area contributed by atoms with Crippen LogP contribution in [0.15, 0.2) is 23.2 Å². The van der Waals surface area contributed by atoms with Gasteiger partial charge in [-0.2, -0.15) is 11.8 Å². The number of cyclic esters (lactones) is 1. The Bertz CT molecular complexity index is 487. The molecule has 0 saturated heterocycles. The molecule has 0 bridgehead atoms. The van der Waals surface area contributed by atoms with Crippen LogP contribution in [0.1, 0.15) is 22.8 Å². The molecule has 0 saturated carbocycles. The lowest BCUT2D eigenvalue weighted by Gasteiger charge is -2.05. The lowest BCUT2D eigenvalue weighted by molar-refractivity contribution is 0.0736. The second-order valence-corrected chi connectivity index (χ2v) is 5.17. The number of nitrogens with zero attached hydrogens (tertiary/aromatic N) is 1. The molecule has 0 N–H and O–H groups in total. The maximum atomic E-state index is 11.6. The maximum Gasteiger partial charge on any atom is 0.345 e. The lowest BCUT2D eigenvalue weighted by Crippen LogP contribution is -2.09. The van der Waals surface area contributed by atoms with Gasteiger partial charge in [-0.25, -0.2) is 9.79 Å². The molecule has 1 aromatic rings. The third-order valence-corrected chi connectivity index (χ3v) is 3.42. The third-order valence-electron chi connectivity index (χ3n) is 2.37. The normalized spacial score (nSPS) is 18.1. The number of thioether (sulfide) groups is 1. The Labute approximate surface area is 109 Å². The molecule has 1 atom stereocenters. The SMILES string of the molecule is CSC[C@H](C)N=C1OC(=O)c2ccc(Cl)cc21. The molecule has 0 amide bonds. The number of ether oxygens (including phenoxy) is 1. The van der Waals surface area contributed by atoms with Crippen LogP contribution in [0, 0.1) is 0 Å². The number of hydrogen-bond donors (Lipinski definition) is 0. The molecule has 0 fully saturated rings. The minimum atomic E-state index is -0.355.